The summed E-state index contributed by atoms with van der Waals surface area (Å²) in [6.07, 6.45) is 0.595. The lowest BCUT2D eigenvalue weighted by Gasteiger charge is -2.32. The number of hydrogen-bond acceptors (Lipinski definition) is 3. The van der Waals surface area contributed by atoms with Gasteiger partial charge in [-0.2, -0.15) is 0 Å². The molecule has 0 heterocycles. The third-order valence-electron chi connectivity index (χ3n) is 1.96. The second kappa shape index (κ2) is 6.06. The summed E-state index contributed by atoms with van der Waals surface area (Å²) in [6.45, 7) is 19.3. The first-order valence-corrected chi connectivity index (χ1v) is 18.9. The van der Waals surface area contributed by atoms with Gasteiger partial charge in [0.25, 0.3) is 0 Å². The van der Waals surface area contributed by atoms with E-state index in [0.717, 1.165) is 6.04 Å². The Morgan fingerprint density at radius 2 is 1.11 bits per heavy atom. The van der Waals surface area contributed by atoms with Crippen molar-refractivity contribution >= 4 is 32.3 Å². The topological polar surface area (TPSA) is 35.5 Å². The lowest BCUT2D eigenvalue weighted by Crippen LogP contribution is -2.32. The van der Waals surface area contributed by atoms with E-state index < -0.39 is 32.3 Å². The van der Waals surface area contributed by atoms with Crippen molar-refractivity contribution in [2.45, 2.75) is 65.0 Å². The molecule has 0 fully saturated rings. The minimum atomic E-state index is -2.90. The molecule has 0 unspecified atom stereocenters. The number of rotatable bonds is 7. The lowest BCUT2D eigenvalue weighted by atomic mass is 11.0. The molecule has 0 amide bonds. The summed E-state index contributed by atoms with van der Waals surface area (Å²) in [5.74, 6) is 0. The summed E-state index contributed by atoms with van der Waals surface area (Å²) >= 11 is 0. The van der Waals surface area contributed by atoms with E-state index in [1.54, 1.807) is 0 Å². The molecule has 110 valence electrons. The molecule has 0 saturated heterocycles. The third kappa shape index (κ3) is 10.7. The Balaban J connectivity index is 4.88. The molecule has 0 aromatic carbocycles. The molecule has 3 nitrogen and oxygen atoms in total. The third-order valence-corrected chi connectivity index (χ3v) is 11.5. The minimum absolute atomic E-state index is 0.595. The van der Waals surface area contributed by atoms with Gasteiger partial charge >= 0.3 is 7.60 Å². The molecule has 0 spiro atoms. The van der Waals surface area contributed by atoms with Crippen LogP contribution in [0.5, 0.6) is 0 Å². The van der Waals surface area contributed by atoms with Crippen molar-refractivity contribution in [1.82, 2.24) is 0 Å². The van der Waals surface area contributed by atoms with Crippen molar-refractivity contribution in [2.24, 2.45) is 0 Å². The van der Waals surface area contributed by atoms with Gasteiger partial charge < -0.3 is 8.43 Å². The Morgan fingerprint density at radius 3 is 1.33 bits per heavy atom. The van der Waals surface area contributed by atoms with E-state index >= 15 is 0 Å². The van der Waals surface area contributed by atoms with E-state index in [-0.39, 0.29) is 0 Å². The van der Waals surface area contributed by atoms with E-state index in [2.05, 4.69) is 58.9 Å². The minimum Gasteiger partial charge on any atom is -0.352 e. The lowest BCUT2D eigenvalue weighted by molar-refractivity contribution is 0.384. The van der Waals surface area contributed by atoms with Gasteiger partial charge in [0.2, 0.25) is 0 Å². The van der Waals surface area contributed by atoms with Crippen LogP contribution in [0.4, 0.5) is 0 Å². The van der Waals surface area contributed by atoms with E-state index in [1.165, 1.54) is 0 Å². The fourth-order valence-electron chi connectivity index (χ4n) is 1.42. The largest absolute Gasteiger partial charge is 0.352 e. The van der Waals surface area contributed by atoms with Gasteiger partial charge in [-0.05, 0) is 45.3 Å². The normalized spacial score (nSPS) is 14.9. The highest BCUT2D eigenvalue weighted by Gasteiger charge is 2.37. The maximum atomic E-state index is 12.9. The van der Waals surface area contributed by atoms with Crippen LogP contribution in [-0.2, 0) is 13.0 Å². The molecule has 0 saturated carbocycles. The standard InChI is InChI=1S/C11H31O3PSi3/c1-16(2,3)11-10-15(12,13-17(4,5)6)14-18(7,8)9/h10-11H2,1-9H3. The Labute approximate surface area is 116 Å². The first kappa shape index (κ1) is 18.8. The van der Waals surface area contributed by atoms with Crippen molar-refractivity contribution < 1.29 is 13.0 Å². The van der Waals surface area contributed by atoms with Crippen molar-refractivity contribution in [2.75, 3.05) is 6.16 Å². The molecule has 0 aliphatic heterocycles. The first-order valence-electron chi connectivity index (χ1n) is 6.63. The van der Waals surface area contributed by atoms with Gasteiger partial charge in [-0.1, -0.05) is 19.6 Å². The van der Waals surface area contributed by atoms with E-state index in [4.69, 9.17) is 8.43 Å². The zero-order chi connectivity index (χ0) is 14.8. The van der Waals surface area contributed by atoms with Gasteiger partial charge in [-0.25, -0.2) is 0 Å². The van der Waals surface area contributed by atoms with Crippen LogP contribution in [0.25, 0.3) is 0 Å². The molecule has 0 N–H and O–H groups in total. The van der Waals surface area contributed by atoms with Crippen LogP contribution < -0.4 is 0 Å². The summed E-state index contributed by atoms with van der Waals surface area (Å²) in [5.41, 5.74) is 0. The first-order chi connectivity index (χ1) is 7.62. The molecule has 18 heavy (non-hydrogen) atoms. The molecule has 0 rings (SSSR count). The van der Waals surface area contributed by atoms with Crippen LogP contribution in [0.3, 0.4) is 0 Å². The molecule has 0 aliphatic carbocycles. The maximum absolute atomic E-state index is 12.9. The average molecular weight is 327 g/mol. The molecule has 0 aromatic heterocycles. The van der Waals surface area contributed by atoms with E-state index in [0.29, 0.717) is 6.16 Å². The molecule has 0 radical (unpaired) electrons. The van der Waals surface area contributed by atoms with Crippen LogP contribution in [0.2, 0.25) is 65.0 Å². The molecule has 0 aliphatic rings. The van der Waals surface area contributed by atoms with Gasteiger partial charge in [-0.15, -0.1) is 0 Å². The van der Waals surface area contributed by atoms with Crippen LogP contribution >= 0.6 is 7.60 Å². The second-order valence-electron chi connectivity index (χ2n) is 8.05. The summed E-state index contributed by atoms with van der Waals surface area (Å²) in [6, 6.07) is 0.999. The van der Waals surface area contributed by atoms with E-state index in [1.807, 2.05) is 0 Å². The van der Waals surface area contributed by atoms with Gasteiger partial charge in [0.15, 0.2) is 16.6 Å². The molecular weight excluding hydrogens is 295 g/mol. The quantitative estimate of drug-likeness (QED) is 0.475. The van der Waals surface area contributed by atoms with Crippen molar-refractivity contribution in [3.8, 4) is 0 Å². The van der Waals surface area contributed by atoms with Crippen molar-refractivity contribution in [1.29, 1.82) is 0 Å². The fraction of sp³-hybridized carbons (Fsp3) is 1.00. The van der Waals surface area contributed by atoms with Crippen molar-refractivity contribution in [3.05, 3.63) is 0 Å². The smallest absolute Gasteiger partial charge is 0.311 e. The van der Waals surface area contributed by atoms with Gasteiger partial charge in [0, 0.05) is 14.2 Å². The predicted octanol–water partition coefficient (Wildman–Crippen LogP) is 5.22. The van der Waals surface area contributed by atoms with Crippen LogP contribution in [0.15, 0.2) is 0 Å². The SMILES string of the molecule is C[Si](C)(C)CCP(=O)(O[Si](C)(C)C)O[Si](C)(C)C. The summed E-state index contributed by atoms with van der Waals surface area (Å²) in [4.78, 5) is 0. The second-order valence-corrected chi connectivity index (χ2v) is 25.3. The predicted molar refractivity (Wildman–Crippen MR) is 89.5 cm³/mol. The Bertz CT molecular complexity index is 293. The van der Waals surface area contributed by atoms with E-state index in [9.17, 15) is 4.57 Å². The summed E-state index contributed by atoms with van der Waals surface area (Å²) < 4.78 is 24.8. The average Bonchev–Trinajstić information content (AvgIpc) is 1.91. The molecule has 0 atom stereocenters. The van der Waals surface area contributed by atoms with Crippen LogP contribution in [0.1, 0.15) is 0 Å². The zero-order valence-corrected chi connectivity index (χ0v) is 17.5. The van der Waals surface area contributed by atoms with Gasteiger partial charge in [0.1, 0.15) is 0 Å². The molecule has 0 bridgehead atoms. The maximum Gasteiger partial charge on any atom is 0.311 e. The highest BCUT2D eigenvalue weighted by Crippen LogP contribution is 2.54. The Kier molecular flexibility index (Phi) is 6.33. The fourth-order valence-corrected chi connectivity index (χ4v) is 13.1. The molecular formula is C11H31O3PSi3. The zero-order valence-electron chi connectivity index (χ0n) is 13.6. The van der Waals surface area contributed by atoms with Gasteiger partial charge in [0.05, 0.1) is 0 Å². The highest BCUT2D eigenvalue weighted by atomic mass is 31.2. The Hall–Kier alpha value is 0.801. The monoisotopic (exact) mass is 326 g/mol. The van der Waals surface area contributed by atoms with Crippen molar-refractivity contribution in [3.63, 3.8) is 0 Å². The Morgan fingerprint density at radius 1 is 0.778 bits per heavy atom. The van der Waals surface area contributed by atoms with Crippen LogP contribution in [0, 0.1) is 0 Å². The van der Waals surface area contributed by atoms with Crippen LogP contribution in [-0.4, -0.2) is 30.9 Å². The molecule has 0 aromatic rings. The molecule has 7 heteroatoms. The number of hydrogen-bond donors (Lipinski definition) is 0. The summed E-state index contributed by atoms with van der Waals surface area (Å²) in [5, 5.41) is 0. The summed E-state index contributed by atoms with van der Waals surface area (Å²) in [7, 11) is -7.80. The highest BCUT2D eigenvalue weighted by molar-refractivity contribution is 7.57. The van der Waals surface area contributed by atoms with Gasteiger partial charge in [-0.3, -0.25) is 4.57 Å².